The van der Waals surface area contributed by atoms with Crippen LogP contribution >= 0.6 is 0 Å². The lowest BCUT2D eigenvalue weighted by molar-refractivity contribution is -0.132. The fourth-order valence-corrected chi connectivity index (χ4v) is 3.42. The topological polar surface area (TPSA) is 57.7 Å². The van der Waals surface area contributed by atoms with E-state index < -0.39 is 10.0 Å². The second-order valence-electron chi connectivity index (χ2n) is 4.89. The van der Waals surface area contributed by atoms with Gasteiger partial charge >= 0.3 is 0 Å². The number of hydrogen-bond donors (Lipinski definition) is 0. The van der Waals surface area contributed by atoms with Crippen molar-refractivity contribution in [1.29, 1.82) is 0 Å². The molecule has 6 heteroatoms. The van der Waals surface area contributed by atoms with E-state index >= 15 is 0 Å². The number of nitrogens with zero attached hydrogens (tertiary/aromatic N) is 2. The summed E-state index contributed by atoms with van der Waals surface area (Å²) in [6, 6.07) is 7.40. The Bertz CT molecular complexity index is 566. The largest absolute Gasteiger partial charge is 0.343 e. The Morgan fingerprint density at radius 2 is 1.79 bits per heavy atom. The van der Waals surface area contributed by atoms with Gasteiger partial charge in [-0.05, 0) is 12.5 Å². The minimum atomic E-state index is -3.42. The molecule has 1 aromatic rings. The van der Waals surface area contributed by atoms with Gasteiger partial charge < -0.3 is 4.90 Å². The average molecular weight is 282 g/mol. The second-order valence-corrected chi connectivity index (χ2v) is 6.86. The molecule has 1 aliphatic rings. The number of likely N-dealkylation sites (N-methyl/N-ethyl adjacent to an activating group) is 1. The van der Waals surface area contributed by atoms with Crippen LogP contribution in [0.25, 0.3) is 0 Å². The molecule has 1 heterocycles. The summed E-state index contributed by atoms with van der Waals surface area (Å²) in [5.41, 5.74) is 1.84. The fraction of sp³-hybridized carbons (Fsp3) is 0.462. The first kappa shape index (κ1) is 14.0. The molecule has 0 bridgehead atoms. The van der Waals surface area contributed by atoms with Gasteiger partial charge in [-0.25, -0.2) is 8.42 Å². The fourth-order valence-electron chi connectivity index (χ4n) is 1.96. The van der Waals surface area contributed by atoms with Crippen LogP contribution in [-0.2, 0) is 20.6 Å². The highest BCUT2D eigenvalue weighted by atomic mass is 32.2. The van der Waals surface area contributed by atoms with E-state index in [2.05, 4.69) is 0 Å². The van der Waals surface area contributed by atoms with Gasteiger partial charge in [-0.15, -0.1) is 0 Å². The molecular formula is C13H18N2O3S. The van der Waals surface area contributed by atoms with Gasteiger partial charge in [0.1, 0.15) is 0 Å². The van der Waals surface area contributed by atoms with E-state index in [0.717, 1.165) is 11.1 Å². The molecule has 0 aromatic heterocycles. The Balaban J connectivity index is 2.10. The molecule has 0 saturated carbocycles. The Morgan fingerprint density at radius 3 is 2.37 bits per heavy atom. The lowest BCUT2D eigenvalue weighted by atomic mass is 10.2. The second kappa shape index (κ2) is 5.30. The molecule has 5 nitrogen and oxygen atoms in total. The maximum Gasteiger partial charge on any atom is 0.237 e. The van der Waals surface area contributed by atoms with Crippen LogP contribution in [0.2, 0.25) is 0 Å². The Kier molecular flexibility index (Phi) is 3.91. The summed E-state index contributed by atoms with van der Waals surface area (Å²) < 4.78 is 25.8. The van der Waals surface area contributed by atoms with Crippen molar-refractivity contribution in [3.63, 3.8) is 0 Å². The quantitative estimate of drug-likeness (QED) is 0.815. The van der Waals surface area contributed by atoms with E-state index in [-0.39, 0.29) is 18.2 Å². The van der Waals surface area contributed by atoms with E-state index in [4.69, 9.17) is 0 Å². The van der Waals surface area contributed by atoms with E-state index in [1.54, 1.807) is 11.9 Å². The van der Waals surface area contributed by atoms with E-state index in [0.29, 0.717) is 13.1 Å². The number of hydrogen-bond acceptors (Lipinski definition) is 3. The van der Waals surface area contributed by atoms with Crippen LogP contribution in [0.3, 0.4) is 0 Å². The molecule has 0 N–H and O–H groups in total. The monoisotopic (exact) mass is 282 g/mol. The maximum atomic E-state index is 12.2. The first-order valence-corrected chi connectivity index (χ1v) is 7.77. The molecule has 1 amide bonds. The number of carbonyl (C=O) groups is 1. The van der Waals surface area contributed by atoms with E-state index in [1.807, 2.05) is 31.2 Å². The number of benzene rings is 1. The zero-order valence-electron chi connectivity index (χ0n) is 11.2. The molecule has 0 unspecified atom stereocenters. The summed E-state index contributed by atoms with van der Waals surface area (Å²) in [5.74, 6) is -0.205. The van der Waals surface area contributed by atoms with Crippen molar-refractivity contribution in [1.82, 2.24) is 9.21 Å². The van der Waals surface area contributed by atoms with Gasteiger partial charge in [-0.3, -0.25) is 4.79 Å². The molecule has 1 fully saturated rings. The molecule has 0 radical (unpaired) electrons. The molecule has 0 spiro atoms. The van der Waals surface area contributed by atoms with Crippen LogP contribution in [0.1, 0.15) is 11.1 Å². The first-order valence-electron chi connectivity index (χ1n) is 6.16. The number of carbonyl (C=O) groups excluding carboxylic acids is 1. The molecule has 2 rings (SSSR count). The van der Waals surface area contributed by atoms with Crippen LogP contribution in [0.15, 0.2) is 24.3 Å². The van der Waals surface area contributed by atoms with E-state index in [9.17, 15) is 13.2 Å². The summed E-state index contributed by atoms with van der Waals surface area (Å²) in [6.07, 6.45) is 0. The van der Waals surface area contributed by atoms with Gasteiger partial charge in [0, 0.05) is 20.1 Å². The lowest BCUT2D eigenvalue weighted by Crippen LogP contribution is -2.50. The predicted molar refractivity (Wildman–Crippen MR) is 73.0 cm³/mol. The lowest BCUT2D eigenvalue weighted by Gasteiger charge is -2.31. The van der Waals surface area contributed by atoms with Crippen LogP contribution in [-0.4, -0.2) is 50.2 Å². The molecular weight excluding hydrogens is 264 g/mol. The highest BCUT2D eigenvalue weighted by molar-refractivity contribution is 7.88. The molecule has 1 aliphatic heterocycles. The molecule has 0 aliphatic carbocycles. The summed E-state index contributed by atoms with van der Waals surface area (Å²) >= 11 is 0. The van der Waals surface area contributed by atoms with Crippen molar-refractivity contribution in [3.05, 3.63) is 35.4 Å². The van der Waals surface area contributed by atoms with Crippen molar-refractivity contribution in [2.24, 2.45) is 0 Å². The average Bonchev–Trinajstić information content (AvgIpc) is 2.35. The SMILES string of the molecule is Cc1ccc(CS(=O)(=O)N2CCN(C)C(=O)C2)cc1. The summed E-state index contributed by atoms with van der Waals surface area (Å²) in [7, 11) is -1.73. The summed E-state index contributed by atoms with van der Waals surface area (Å²) in [4.78, 5) is 13.1. The summed E-state index contributed by atoms with van der Waals surface area (Å²) in [5, 5.41) is 0. The predicted octanol–water partition coefficient (Wildman–Crippen LogP) is 0.599. The van der Waals surface area contributed by atoms with Crippen LogP contribution in [0, 0.1) is 6.92 Å². The molecule has 1 saturated heterocycles. The maximum absolute atomic E-state index is 12.2. The zero-order valence-corrected chi connectivity index (χ0v) is 12.0. The van der Waals surface area contributed by atoms with Crippen LogP contribution < -0.4 is 0 Å². The Labute approximate surface area is 113 Å². The number of sulfonamides is 1. The summed E-state index contributed by atoms with van der Waals surface area (Å²) in [6.45, 7) is 2.73. The van der Waals surface area contributed by atoms with Crippen molar-refractivity contribution in [2.75, 3.05) is 26.7 Å². The number of piperazine rings is 1. The molecule has 1 aromatic carbocycles. The van der Waals surface area contributed by atoms with E-state index in [1.165, 1.54) is 4.31 Å². The number of rotatable bonds is 3. The minimum Gasteiger partial charge on any atom is -0.343 e. The van der Waals surface area contributed by atoms with Crippen molar-refractivity contribution in [3.8, 4) is 0 Å². The zero-order chi connectivity index (χ0) is 14.0. The Morgan fingerprint density at radius 1 is 1.16 bits per heavy atom. The smallest absolute Gasteiger partial charge is 0.237 e. The molecule has 19 heavy (non-hydrogen) atoms. The third kappa shape index (κ3) is 3.33. The normalized spacial score (nSPS) is 17.8. The molecule has 0 atom stereocenters. The van der Waals surface area contributed by atoms with Gasteiger partial charge in [-0.2, -0.15) is 4.31 Å². The highest BCUT2D eigenvalue weighted by Gasteiger charge is 2.30. The van der Waals surface area contributed by atoms with Gasteiger partial charge in [0.25, 0.3) is 0 Å². The van der Waals surface area contributed by atoms with Gasteiger partial charge in [0.15, 0.2) is 0 Å². The number of aryl methyl sites for hydroxylation is 1. The Hall–Kier alpha value is -1.40. The third-order valence-electron chi connectivity index (χ3n) is 3.29. The van der Waals surface area contributed by atoms with Gasteiger partial charge in [-0.1, -0.05) is 29.8 Å². The van der Waals surface area contributed by atoms with Gasteiger partial charge in [0.05, 0.1) is 12.3 Å². The minimum absolute atomic E-state index is 0.0509. The first-order chi connectivity index (χ1) is 8.88. The highest BCUT2D eigenvalue weighted by Crippen LogP contribution is 2.14. The van der Waals surface area contributed by atoms with Crippen molar-refractivity contribution in [2.45, 2.75) is 12.7 Å². The molecule has 104 valence electrons. The van der Waals surface area contributed by atoms with Crippen LogP contribution in [0.5, 0.6) is 0 Å². The standard InChI is InChI=1S/C13H18N2O3S/c1-11-3-5-12(6-4-11)10-19(17,18)15-8-7-14(2)13(16)9-15/h3-6H,7-10H2,1-2H3. The van der Waals surface area contributed by atoms with Gasteiger partial charge in [0.2, 0.25) is 15.9 Å². The number of amides is 1. The van der Waals surface area contributed by atoms with Crippen molar-refractivity contribution < 1.29 is 13.2 Å². The third-order valence-corrected chi connectivity index (χ3v) is 5.08. The van der Waals surface area contributed by atoms with Crippen molar-refractivity contribution >= 4 is 15.9 Å². The van der Waals surface area contributed by atoms with Crippen LogP contribution in [0.4, 0.5) is 0 Å².